The molecule has 2 aromatic carbocycles. The maximum atomic E-state index is 13.4. The van der Waals surface area contributed by atoms with Gasteiger partial charge in [-0.05, 0) is 98.7 Å². The standard InChI is InChI=1S/C40H52N6O6/c47-36-13-7-31-25-33(10-12-35(31)42-36)52-24-17-41-38(49)29-1-3-30(4-2-29)40(51)46-22-20-44(21-23-46)26-27-15-18-45(19-16-27)32-8-5-28(6-9-32)34-11-14-37(48)43-39(34)50/h5-6,8-10,12,25,27,29-30,34H,1-4,7,11,13-24,26H2,(H,41,49)(H,42,47)(H,43,48,50). The molecule has 3 saturated heterocycles. The van der Waals surface area contributed by atoms with Gasteiger partial charge in [0.15, 0.2) is 0 Å². The number of piperidine rings is 2. The number of hydrogen-bond acceptors (Lipinski definition) is 8. The average Bonchev–Trinajstić information content (AvgIpc) is 3.17. The van der Waals surface area contributed by atoms with Crippen LogP contribution in [0, 0.1) is 17.8 Å². The monoisotopic (exact) mass is 712 g/mol. The third kappa shape index (κ3) is 8.77. The van der Waals surface area contributed by atoms with Crippen molar-refractivity contribution in [3.63, 3.8) is 0 Å². The molecule has 0 aromatic heterocycles. The molecule has 12 nitrogen and oxygen atoms in total. The zero-order chi connectivity index (χ0) is 36.0. The van der Waals surface area contributed by atoms with Crippen molar-refractivity contribution in [3.8, 4) is 5.75 Å². The summed E-state index contributed by atoms with van der Waals surface area (Å²) in [6, 6.07) is 13.9. The minimum absolute atomic E-state index is 0.00939. The van der Waals surface area contributed by atoms with E-state index in [1.165, 1.54) is 5.69 Å². The Balaban J connectivity index is 0.760. The molecular formula is C40H52N6O6. The van der Waals surface area contributed by atoms with Crippen LogP contribution in [0.4, 0.5) is 11.4 Å². The molecule has 1 atom stereocenters. The normalized spacial score (nSPS) is 24.5. The number of ether oxygens (including phenoxy) is 1. The Morgan fingerprint density at radius 1 is 0.750 bits per heavy atom. The van der Waals surface area contributed by atoms with Gasteiger partial charge in [-0.1, -0.05) is 12.1 Å². The SMILES string of the molecule is O=C1CCC(c2ccc(N3CCC(CN4CCN(C(=O)C5CCC(C(=O)NCCOc6ccc7c(c6)CCC(=O)N7)CC5)CC4)CC3)cc2)C(=O)N1. The van der Waals surface area contributed by atoms with Crippen LogP contribution in [0.2, 0.25) is 0 Å². The molecule has 4 heterocycles. The van der Waals surface area contributed by atoms with E-state index in [2.05, 4.69) is 42.8 Å². The molecule has 0 radical (unpaired) electrons. The highest BCUT2D eigenvalue weighted by Crippen LogP contribution is 2.32. The summed E-state index contributed by atoms with van der Waals surface area (Å²) in [6.07, 6.45) is 7.41. The number of amides is 5. The number of aryl methyl sites for hydroxylation is 1. The van der Waals surface area contributed by atoms with E-state index in [4.69, 9.17) is 4.74 Å². The van der Waals surface area contributed by atoms with Crippen molar-refractivity contribution in [2.75, 3.05) is 69.2 Å². The number of imide groups is 1. The molecule has 5 aliphatic rings. The first-order valence-electron chi connectivity index (χ1n) is 19.3. The molecule has 7 rings (SSSR count). The van der Waals surface area contributed by atoms with Crippen molar-refractivity contribution in [1.82, 2.24) is 20.4 Å². The van der Waals surface area contributed by atoms with E-state index >= 15 is 0 Å². The van der Waals surface area contributed by atoms with Crippen LogP contribution in [0.3, 0.4) is 0 Å². The molecule has 1 aliphatic carbocycles. The highest BCUT2D eigenvalue weighted by Gasteiger charge is 2.34. The van der Waals surface area contributed by atoms with Gasteiger partial charge in [-0.3, -0.25) is 34.2 Å². The number of rotatable bonds is 10. The van der Waals surface area contributed by atoms with Crippen LogP contribution in [0.25, 0.3) is 0 Å². The Kier molecular flexibility index (Phi) is 11.4. The van der Waals surface area contributed by atoms with E-state index in [0.29, 0.717) is 44.8 Å². The van der Waals surface area contributed by atoms with E-state index in [9.17, 15) is 24.0 Å². The third-order valence-electron chi connectivity index (χ3n) is 11.8. The van der Waals surface area contributed by atoms with Crippen LogP contribution in [-0.4, -0.2) is 98.3 Å². The van der Waals surface area contributed by atoms with Crippen LogP contribution in [0.15, 0.2) is 42.5 Å². The van der Waals surface area contributed by atoms with Gasteiger partial charge in [0.2, 0.25) is 29.5 Å². The quantitative estimate of drug-likeness (QED) is 0.252. The molecule has 52 heavy (non-hydrogen) atoms. The van der Waals surface area contributed by atoms with Crippen molar-refractivity contribution in [1.29, 1.82) is 0 Å². The summed E-state index contributed by atoms with van der Waals surface area (Å²) < 4.78 is 5.85. The Labute approximate surface area is 306 Å². The maximum Gasteiger partial charge on any atom is 0.234 e. The first-order valence-corrected chi connectivity index (χ1v) is 19.3. The fourth-order valence-electron chi connectivity index (χ4n) is 8.62. The van der Waals surface area contributed by atoms with E-state index < -0.39 is 0 Å². The Hall–Kier alpha value is -4.45. The predicted octanol–water partition coefficient (Wildman–Crippen LogP) is 3.45. The van der Waals surface area contributed by atoms with E-state index in [1.54, 1.807) is 0 Å². The van der Waals surface area contributed by atoms with Crippen LogP contribution >= 0.6 is 0 Å². The summed E-state index contributed by atoms with van der Waals surface area (Å²) in [7, 11) is 0. The zero-order valence-corrected chi connectivity index (χ0v) is 30.1. The van der Waals surface area contributed by atoms with Crippen molar-refractivity contribution < 1.29 is 28.7 Å². The molecule has 2 aromatic rings. The lowest BCUT2D eigenvalue weighted by Crippen LogP contribution is -2.52. The van der Waals surface area contributed by atoms with Crippen LogP contribution < -0.4 is 25.6 Å². The third-order valence-corrected chi connectivity index (χ3v) is 11.8. The summed E-state index contributed by atoms with van der Waals surface area (Å²) in [4.78, 5) is 68.6. The van der Waals surface area contributed by atoms with Gasteiger partial charge < -0.3 is 25.2 Å². The minimum atomic E-state index is -0.249. The van der Waals surface area contributed by atoms with Gasteiger partial charge in [0.05, 0.1) is 12.5 Å². The highest BCUT2D eigenvalue weighted by atomic mass is 16.5. The lowest BCUT2D eigenvalue weighted by Gasteiger charge is -2.40. The molecule has 4 fully saturated rings. The highest BCUT2D eigenvalue weighted by molar-refractivity contribution is 6.01. The smallest absolute Gasteiger partial charge is 0.234 e. The molecular weight excluding hydrogens is 660 g/mol. The second kappa shape index (κ2) is 16.5. The summed E-state index contributed by atoms with van der Waals surface area (Å²) >= 11 is 0. The maximum absolute atomic E-state index is 13.4. The topological polar surface area (TPSA) is 140 Å². The van der Waals surface area contributed by atoms with Crippen molar-refractivity contribution in [2.24, 2.45) is 17.8 Å². The first-order chi connectivity index (χ1) is 25.3. The van der Waals surface area contributed by atoms with E-state index in [-0.39, 0.29) is 47.3 Å². The number of fused-ring (bicyclic) bond motifs is 1. The van der Waals surface area contributed by atoms with Gasteiger partial charge in [0.25, 0.3) is 0 Å². The summed E-state index contributed by atoms with van der Waals surface area (Å²) in [5.41, 5.74) is 4.06. The van der Waals surface area contributed by atoms with Crippen molar-refractivity contribution >= 4 is 40.9 Å². The van der Waals surface area contributed by atoms with Crippen molar-refractivity contribution in [2.45, 2.75) is 70.1 Å². The Morgan fingerprint density at radius 2 is 1.46 bits per heavy atom. The second-order valence-electron chi connectivity index (χ2n) is 15.2. The van der Waals surface area contributed by atoms with E-state index in [0.717, 1.165) is 107 Å². The second-order valence-corrected chi connectivity index (χ2v) is 15.2. The zero-order valence-electron chi connectivity index (χ0n) is 30.1. The fraction of sp³-hybridized carbons (Fsp3) is 0.575. The van der Waals surface area contributed by atoms with Gasteiger partial charge in [0.1, 0.15) is 12.4 Å². The van der Waals surface area contributed by atoms with Gasteiger partial charge >= 0.3 is 0 Å². The Morgan fingerprint density at radius 3 is 2.19 bits per heavy atom. The van der Waals surface area contributed by atoms with Gasteiger partial charge in [0, 0.05) is 81.9 Å². The number of benzene rings is 2. The van der Waals surface area contributed by atoms with Gasteiger partial charge in [-0.2, -0.15) is 0 Å². The number of hydrogen-bond donors (Lipinski definition) is 3. The summed E-state index contributed by atoms with van der Waals surface area (Å²) in [5, 5.41) is 8.35. The largest absolute Gasteiger partial charge is 0.492 e. The fourth-order valence-corrected chi connectivity index (χ4v) is 8.62. The molecule has 0 spiro atoms. The number of carbonyl (C=O) groups is 5. The molecule has 5 amide bonds. The Bertz CT molecular complexity index is 1620. The number of nitrogens with zero attached hydrogens (tertiary/aromatic N) is 3. The van der Waals surface area contributed by atoms with Gasteiger partial charge in [-0.25, -0.2) is 0 Å². The molecule has 3 N–H and O–H groups in total. The number of nitrogens with one attached hydrogen (secondary N) is 3. The van der Waals surface area contributed by atoms with Crippen LogP contribution in [-0.2, 0) is 30.4 Å². The summed E-state index contributed by atoms with van der Waals surface area (Å²) in [5.74, 6) is 1.04. The predicted molar refractivity (Wildman–Crippen MR) is 197 cm³/mol. The molecule has 278 valence electrons. The van der Waals surface area contributed by atoms with Crippen LogP contribution in [0.1, 0.15) is 74.8 Å². The molecule has 0 bridgehead atoms. The number of piperazine rings is 1. The molecule has 1 unspecified atom stereocenters. The lowest BCUT2D eigenvalue weighted by atomic mass is 9.81. The summed E-state index contributed by atoms with van der Waals surface area (Å²) in [6.45, 7) is 7.26. The van der Waals surface area contributed by atoms with Gasteiger partial charge in [-0.15, -0.1) is 0 Å². The first kappa shape index (κ1) is 35.9. The average molecular weight is 713 g/mol. The van der Waals surface area contributed by atoms with Crippen LogP contribution in [0.5, 0.6) is 5.75 Å². The molecule has 1 saturated carbocycles. The van der Waals surface area contributed by atoms with Crippen molar-refractivity contribution in [3.05, 3.63) is 53.6 Å². The molecule has 4 aliphatic heterocycles. The molecule has 12 heteroatoms. The number of carbonyl (C=O) groups excluding carboxylic acids is 5. The number of anilines is 2. The minimum Gasteiger partial charge on any atom is -0.492 e. The van der Waals surface area contributed by atoms with E-state index in [1.807, 2.05) is 30.3 Å². The lowest BCUT2D eigenvalue weighted by molar-refractivity contribution is -0.140.